The molecule has 2 rings (SSSR count). The standard InChI is InChI=1S/C16H28N2O4/c1-16(2,3)22-15(21)18-8-4-12(5-9-18)14(20)17-10-6-13(19)7-11-17/h12-13,19H,4-11H2,1-3H3. The molecule has 0 spiro atoms. The fourth-order valence-electron chi connectivity index (χ4n) is 2.98. The van der Waals surface area contributed by atoms with Gasteiger partial charge in [-0.15, -0.1) is 0 Å². The highest BCUT2D eigenvalue weighted by Gasteiger charge is 2.33. The van der Waals surface area contributed by atoms with E-state index in [0.717, 1.165) is 0 Å². The molecule has 22 heavy (non-hydrogen) atoms. The third kappa shape index (κ3) is 4.60. The van der Waals surface area contributed by atoms with Crippen LogP contribution >= 0.6 is 0 Å². The van der Waals surface area contributed by atoms with Crippen LogP contribution < -0.4 is 0 Å². The number of piperidine rings is 2. The van der Waals surface area contributed by atoms with Gasteiger partial charge in [0.25, 0.3) is 0 Å². The van der Waals surface area contributed by atoms with Gasteiger partial charge in [0.1, 0.15) is 5.60 Å². The maximum Gasteiger partial charge on any atom is 0.410 e. The van der Waals surface area contributed by atoms with Gasteiger partial charge in [-0.05, 0) is 46.5 Å². The molecule has 2 aliphatic heterocycles. The van der Waals surface area contributed by atoms with Crippen molar-refractivity contribution >= 4 is 12.0 Å². The van der Waals surface area contributed by atoms with Gasteiger partial charge in [0.05, 0.1) is 6.10 Å². The Hall–Kier alpha value is -1.30. The maximum atomic E-state index is 12.5. The Morgan fingerprint density at radius 2 is 1.45 bits per heavy atom. The molecule has 0 unspecified atom stereocenters. The molecule has 0 radical (unpaired) electrons. The molecule has 0 saturated carbocycles. The highest BCUT2D eigenvalue weighted by Crippen LogP contribution is 2.23. The quantitative estimate of drug-likeness (QED) is 0.799. The maximum absolute atomic E-state index is 12.5. The minimum absolute atomic E-state index is 0.00562. The predicted octanol–water partition coefficient (Wildman–Crippen LogP) is 1.62. The molecule has 2 saturated heterocycles. The molecule has 6 nitrogen and oxygen atoms in total. The number of aliphatic hydroxyl groups is 1. The minimum Gasteiger partial charge on any atom is -0.444 e. The van der Waals surface area contributed by atoms with E-state index in [1.54, 1.807) is 4.90 Å². The van der Waals surface area contributed by atoms with Crippen LogP contribution in [0.4, 0.5) is 4.79 Å². The summed E-state index contributed by atoms with van der Waals surface area (Å²) in [6.07, 6.45) is 2.16. The van der Waals surface area contributed by atoms with Crippen molar-refractivity contribution in [3.63, 3.8) is 0 Å². The lowest BCUT2D eigenvalue weighted by molar-refractivity contribution is -0.139. The normalized spacial score (nSPS) is 21.8. The molecule has 2 fully saturated rings. The number of hydrogen-bond donors (Lipinski definition) is 1. The van der Waals surface area contributed by atoms with E-state index in [2.05, 4.69) is 0 Å². The number of carbonyl (C=O) groups excluding carboxylic acids is 2. The van der Waals surface area contributed by atoms with Gasteiger partial charge in [-0.1, -0.05) is 0 Å². The van der Waals surface area contributed by atoms with Crippen molar-refractivity contribution in [2.75, 3.05) is 26.2 Å². The summed E-state index contributed by atoms with van der Waals surface area (Å²) in [6, 6.07) is 0. The van der Waals surface area contributed by atoms with E-state index in [1.807, 2.05) is 25.7 Å². The SMILES string of the molecule is CC(C)(C)OC(=O)N1CCC(C(=O)N2CCC(O)CC2)CC1. The molecule has 126 valence electrons. The molecule has 0 aromatic heterocycles. The first-order valence-corrected chi connectivity index (χ1v) is 8.21. The highest BCUT2D eigenvalue weighted by atomic mass is 16.6. The van der Waals surface area contributed by atoms with Crippen LogP contribution in [0.25, 0.3) is 0 Å². The zero-order valence-electron chi connectivity index (χ0n) is 13.9. The summed E-state index contributed by atoms with van der Waals surface area (Å²) in [5.74, 6) is 0.171. The summed E-state index contributed by atoms with van der Waals surface area (Å²) >= 11 is 0. The lowest BCUT2D eigenvalue weighted by atomic mass is 9.94. The fraction of sp³-hybridized carbons (Fsp3) is 0.875. The van der Waals surface area contributed by atoms with Gasteiger partial charge in [-0.2, -0.15) is 0 Å². The van der Waals surface area contributed by atoms with Crippen molar-refractivity contribution in [1.82, 2.24) is 9.80 Å². The number of likely N-dealkylation sites (tertiary alicyclic amines) is 2. The molecule has 0 aromatic rings. The molecule has 2 heterocycles. The first kappa shape index (κ1) is 17.1. The van der Waals surface area contributed by atoms with Gasteiger partial charge >= 0.3 is 6.09 Å². The summed E-state index contributed by atoms with van der Waals surface area (Å²) < 4.78 is 5.36. The van der Waals surface area contributed by atoms with Crippen molar-refractivity contribution in [1.29, 1.82) is 0 Å². The first-order valence-electron chi connectivity index (χ1n) is 8.21. The van der Waals surface area contributed by atoms with Crippen molar-refractivity contribution in [3.8, 4) is 0 Å². The van der Waals surface area contributed by atoms with E-state index in [9.17, 15) is 14.7 Å². The van der Waals surface area contributed by atoms with Crippen LogP contribution in [0.5, 0.6) is 0 Å². The molecule has 2 aliphatic rings. The van der Waals surface area contributed by atoms with Gasteiger partial charge < -0.3 is 19.6 Å². The summed E-state index contributed by atoms with van der Waals surface area (Å²) in [5, 5.41) is 9.51. The molecule has 0 aromatic carbocycles. The summed E-state index contributed by atoms with van der Waals surface area (Å²) in [4.78, 5) is 28.0. The third-order valence-corrected chi connectivity index (χ3v) is 4.27. The number of ether oxygens (including phenoxy) is 1. The smallest absolute Gasteiger partial charge is 0.410 e. The number of carbonyl (C=O) groups is 2. The largest absolute Gasteiger partial charge is 0.444 e. The van der Waals surface area contributed by atoms with Crippen LogP contribution in [-0.4, -0.2) is 64.8 Å². The van der Waals surface area contributed by atoms with Crippen molar-refractivity contribution in [2.24, 2.45) is 5.92 Å². The van der Waals surface area contributed by atoms with Crippen molar-refractivity contribution < 1.29 is 19.4 Å². The van der Waals surface area contributed by atoms with E-state index in [1.165, 1.54) is 0 Å². The van der Waals surface area contributed by atoms with Gasteiger partial charge in [-0.25, -0.2) is 4.79 Å². The second kappa shape index (κ2) is 6.86. The van der Waals surface area contributed by atoms with E-state index in [0.29, 0.717) is 51.9 Å². The zero-order chi connectivity index (χ0) is 16.3. The Bertz CT molecular complexity index is 403. The monoisotopic (exact) mass is 312 g/mol. The zero-order valence-corrected chi connectivity index (χ0v) is 13.9. The molecule has 1 N–H and O–H groups in total. The Kier molecular flexibility index (Phi) is 5.32. The first-order chi connectivity index (χ1) is 10.3. The van der Waals surface area contributed by atoms with Crippen LogP contribution in [0.1, 0.15) is 46.5 Å². The summed E-state index contributed by atoms with van der Waals surface area (Å²) in [7, 11) is 0. The number of nitrogens with zero attached hydrogens (tertiary/aromatic N) is 2. The highest BCUT2D eigenvalue weighted by molar-refractivity contribution is 5.79. The van der Waals surface area contributed by atoms with Gasteiger partial charge in [0, 0.05) is 32.1 Å². The van der Waals surface area contributed by atoms with Gasteiger partial charge in [0.15, 0.2) is 0 Å². The number of hydrogen-bond acceptors (Lipinski definition) is 4. The number of rotatable bonds is 1. The lowest BCUT2D eigenvalue weighted by Gasteiger charge is -2.36. The molecule has 6 heteroatoms. The summed E-state index contributed by atoms with van der Waals surface area (Å²) in [6.45, 7) is 7.99. The number of aliphatic hydroxyl groups excluding tert-OH is 1. The second-order valence-electron chi connectivity index (χ2n) is 7.30. The van der Waals surface area contributed by atoms with Crippen LogP contribution in [-0.2, 0) is 9.53 Å². The van der Waals surface area contributed by atoms with E-state index in [-0.39, 0.29) is 24.0 Å². The molecule has 0 atom stereocenters. The van der Waals surface area contributed by atoms with Crippen LogP contribution in [0, 0.1) is 5.92 Å². The third-order valence-electron chi connectivity index (χ3n) is 4.27. The Labute approximate surface area is 132 Å². The van der Waals surface area contributed by atoms with Crippen LogP contribution in [0.3, 0.4) is 0 Å². The van der Waals surface area contributed by atoms with Crippen LogP contribution in [0.2, 0.25) is 0 Å². The molecular weight excluding hydrogens is 284 g/mol. The average Bonchev–Trinajstić information content (AvgIpc) is 2.46. The number of amides is 2. The Morgan fingerprint density at radius 1 is 0.955 bits per heavy atom. The second-order valence-corrected chi connectivity index (χ2v) is 7.30. The predicted molar refractivity (Wildman–Crippen MR) is 82.4 cm³/mol. The molecule has 2 amide bonds. The van der Waals surface area contributed by atoms with E-state index < -0.39 is 5.60 Å². The van der Waals surface area contributed by atoms with Crippen molar-refractivity contribution in [3.05, 3.63) is 0 Å². The minimum atomic E-state index is -0.488. The van der Waals surface area contributed by atoms with Gasteiger partial charge in [0.2, 0.25) is 5.91 Å². The molecular formula is C16H28N2O4. The lowest BCUT2D eigenvalue weighted by Crippen LogP contribution is -2.47. The summed E-state index contributed by atoms with van der Waals surface area (Å²) in [5.41, 5.74) is -0.488. The van der Waals surface area contributed by atoms with Crippen LogP contribution in [0.15, 0.2) is 0 Å². The average molecular weight is 312 g/mol. The molecule has 0 bridgehead atoms. The fourth-order valence-corrected chi connectivity index (χ4v) is 2.98. The Balaban J connectivity index is 1.79. The van der Waals surface area contributed by atoms with E-state index in [4.69, 9.17) is 4.74 Å². The Morgan fingerprint density at radius 3 is 1.95 bits per heavy atom. The van der Waals surface area contributed by atoms with Crippen molar-refractivity contribution in [2.45, 2.75) is 58.2 Å². The molecule has 0 aliphatic carbocycles. The van der Waals surface area contributed by atoms with E-state index >= 15 is 0 Å². The topological polar surface area (TPSA) is 70.1 Å². The van der Waals surface area contributed by atoms with Gasteiger partial charge in [-0.3, -0.25) is 4.79 Å².